The summed E-state index contributed by atoms with van der Waals surface area (Å²) in [6, 6.07) is 8.23. The SMILES string of the molecule is CC(C)(N)CCC(=O)Cc1csc2ccccc12. The minimum absolute atomic E-state index is 0.258. The molecule has 0 unspecified atom stereocenters. The Labute approximate surface area is 112 Å². The number of ketones is 1. The van der Waals surface area contributed by atoms with Gasteiger partial charge < -0.3 is 5.73 Å². The van der Waals surface area contributed by atoms with Crippen LogP contribution in [0.25, 0.3) is 10.1 Å². The van der Waals surface area contributed by atoms with Crippen LogP contribution in [0.1, 0.15) is 32.3 Å². The predicted molar refractivity (Wildman–Crippen MR) is 78.0 cm³/mol. The fourth-order valence-electron chi connectivity index (χ4n) is 1.93. The number of hydrogen-bond acceptors (Lipinski definition) is 3. The van der Waals surface area contributed by atoms with Gasteiger partial charge in [0.15, 0.2) is 0 Å². The van der Waals surface area contributed by atoms with Crippen molar-refractivity contribution in [2.75, 3.05) is 0 Å². The summed E-state index contributed by atoms with van der Waals surface area (Å²) in [6.07, 6.45) is 1.83. The van der Waals surface area contributed by atoms with Crippen LogP contribution in [0.2, 0.25) is 0 Å². The summed E-state index contributed by atoms with van der Waals surface area (Å²) < 4.78 is 1.25. The van der Waals surface area contributed by atoms with Crippen LogP contribution in [0, 0.1) is 0 Å². The molecular formula is C15H19NOS. The number of Topliss-reactive ketones (excluding diaryl/α,β-unsaturated/α-hetero) is 1. The Morgan fingerprint density at radius 2 is 2.06 bits per heavy atom. The molecule has 1 aromatic heterocycles. The van der Waals surface area contributed by atoms with Gasteiger partial charge >= 0.3 is 0 Å². The predicted octanol–water partition coefficient (Wildman–Crippen LogP) is 3.53. The standard InChI is InChI=1S/C15H19NOS/c1-15(2,16)8-7-12(17)9-11-10-18-14-6-4-3-5-13(11)14/h3-6,10H,7-9,16H2,1-2H3. The average Bonchev–Trinajstić information content (AvgIpc) is 2.70. The van der Waals surface area contributed by atoms with E-state index in [1.165, 1.54) is 10.1 Å². The third kappa shape index (κ3) is 3.40. The van der Waals surface area contributed by atoms with E-state index in [1.807, 2.05) is 26.0 Å². The zero-order valence-electron chi connectivity index (χ0n) is 10.9. The van der Waals surface area contributed by atoms with Crippen molar-refractivity contribution in [1.82, 2.24) is 0 Å². The molecule has 0 amide bonds. The Morgan fingerprint density at radius 1 is 1.33 bits per heavy atom. The summed E-state index contributed by atoms with van der Waals surface area (Å²) in [7, 11) is 0. The summed E-state index contributed by atoms with van der Waals surface area (Å²) in [4.78, 5) is 11.9. The van der Waals surface area contributed by atoms with E-state index < -0.39 is 0 Å². The summed E-state index contributed by atoms with van der Waals surface area (Å²) in [5, 5.41) is 3.30. The smallest absolute Gasteiger partial charge is 0.137 e. The maximum atomic E-state index is 11.9. The lowest BCUT2D eigenvalue weighted by Crippen LogP contribution is -2.32. The van der Waals surface area contributed by atoms with Crippen molar-refractivity contribution in [2.45, 2.75) is 38.6 Å². The van der Waals surface area contributed by atoms with Crippen molar-refractivity contribution in [3.63, 3.8) is 0 Å². The van der Waals surface area contributed by atoms with Gasteiger partial charge in [-0.05, 0) is 42.7 Å². The zero-order chi connectivity index (χ0) is 13.2. The Morgan fingerprint density at radius 3 is 2.78 bits per heavy atom. The van der Waals surface area contributed by atoms with Crippen LogP contribution in [0.4, 0.5) is 0 Å². The number of rotatable bonds is 5. The van der Waals surface area contributed by atoms with Gasteiger partial charge in [-0.2, -0.15) is 0 Å². The van der Waals surface area contributed by atoms with Crippen LogP contribution in [0.15, 0.2) is 29.6 Å². The Kier molecular flexibility index (Phi) is 3.83. The number of carbonyl (C=O) groups is 1. The molecule has 0 saturated carbocycles. The molecule has 2 rings (SSSR count). The average molecular weight is 261 g/mol. The molecule has 18 heavy (non-hydrogen) atoms. The first-order valence-corrected chi connectivity index (χ1v) is 7.09. The quantitative estimate of drug-likeness (QED) is 0.894. The highest BCUT2D eigenvalue weighted by molar-refractivity contribution is 7.17. The Balaban J connectivity index is 2.03. The molecule has 0 aliphatic heterocycles. The third-order valence-electron chi connectivity index (χ3n) is 3.00. The summed E-state index contributed by atoms with van der Waals surface area (Å²) >= 11 is 1.70. The molecule has 2 nitrogen and oxygen atoms in total. The highest BCUT2D eigenvalue weighted by Gasteiger charge is 2.14. The summed E-state index contributed by atoms with van der Waals surface area (Å²) in [6.45, 7) is 3.92. The topological polar surface area (TPSA) is 43.1 Å². The van der Waals surface area contributed by atoms with Gasteiger partial charge in [-0.3, -0.25) is 4.79 Å². The van der Waals surface area contributed by atoms with Crippen molar-refractivity contribution in [1.29, 1.82) is 0 Å². The normalized spacial score (nSPS) is 11.9. The lowest BCUT2D eigenvalue weighted by atomic mass is 9.96. The van der Waals surface area contributed by atoms with Crippen LogP contribution >= 0.6 is 11.3 Å². The fraction of sp³-hybridized carbons (Fsp3) is 0.400. The van der Waals surface area contributed by atoms with Crippen LogP contribution in [-0.4, -0.2) is 11.3 Å². The minimum atomic E-state index is -0.258. The van der Waals surface area contributed by atoms with Crippen molar-refractivity contribution in [3.8, 4) is 0 Å². The molecule has 2 aromatic rings. The molecule has 0 spiro atoms. The second-order valence-electron chi connectivity index (χ2n) is 5.46. The molecule has 0 saturated heterocycles. The number of thiophene rings is 1. The van der Waals surface area contributed by atoms with E-state index in [9.17, 15) is 4.79 Å². The largest absolute Gasteiger partial charge is 0.326 e. The number of hydrogen-bond donors (Lipinski definition) is 1. The monoisotopic (exact) mass is 261 g/mol. The molecule has 3 heteroatoms. The van der Waals surface area contributed by atoms with E-state index in [1.54, 1.807) is 11.3 Å². The molecule has 1 aromatic carbocycles. The second kappa shape index (κ2) is 5.21. The van der Waals surface area contributed by atoms with Crippen LogP contribution in [-0.2, 0) is 11.2 Å². The Bertz CT molecular complexity index is 551. The molecule has 0 radical (unpaired) electrons. The number of fused-ring (bicyclic) bond motifs is 1. The van der Waals surface area contributed by atoms with E-state index in [0.29, 0.717) is 12.8 Å². The van der Waals surface area contributed by atoms with Gasteiger partial charge in [0.2, 0.25) is 0 Å². The third-order valence-corrected chi connectivity index (χ3v) is 4.01. The molecule has 2 N–H and O–H groups in total. The molecule has 0 aliphatic rings. The maximum Gasteiger partial charge on any atom is 0.137 e. The van der Waals surface area contributed by atoms with Crippen LogP contribution < -0.4 is 5.73 Å². The second-order valence-corrected chi connectivity index (χ2v) is 6.37. The fourth-order valence-corrected chi connectivity index (χ4v) is 2.89. The van der Waals surface area contributed by atoms with Gasteiger partial charge in [0, 0.05) is 23.1 Å². The van der Waals surface area contributed by atoms with Crippen LogP contribution in [0.3, 0.4) is 0 Å². The molecule has 0 bridgehead atoms. The summed E-state index contributed by atoms with van der Waals surface area (Å²) in [5.74, 6) is 0.275. The highest BCUT2D eigenvalue weighted by atomic mass is 32.1. The van der Waals surface area contributed by atoms with E-state index in [2.05, 4.69) is 17.5 Å². The number of nitrogens with two attached hydrogens (primary N) is 1. The van der Waals surface area contributed by atoms with E-state index in [4.69, 9.17) is 5.73 Å². The summed E-state index contributed by atoms with van der Waals surface area (Å²) in [5.41, 5.74) is 6.79. The molecule has 0 aliphatic carbocycles. The van der Waals surface area contributed by atoms with Crippen molar-refractivity contribution in [2.24, 2.45) is 5.73 Å². The number of benzene rings is 1. The van der Waals surface area contributed by atoms with Gasteiger partial charge in [0.05, 0.1) is 0 Å². The first-order valence-electron chi connectivity index (χ1n) is 6.21. The van der Waals surface area contributed by atoms with Crippen LogP contribution in [0.5, 0.6) is 0 Å². The Hall–Kier alpha value is -1.19. The molecular weight excluding hydrogens is 242 g/mol. The first-order chi connectivity index (χ1) is 8.46. The lowest BCUT2D eigenvalue weighted by molar-refractivity contribution is -0.118. The van der Waals surface area contributed by atoms with Crippen molar-refractivity contribution < 1.29 is 4.79 Å². The lowest BCUT2D eigenvalue weighted by Gasteiger charge is -2.17. The number of carbonyl (C=O) groups excluding carboxylic acids is 1. The zero-order valence-corrected chi connectivity index (χ0v) is 11.7. The van der Waals surface area contributed by atoms with E-state index in [-0.39, 0.29) is 11.3 Å². The van der Waals surface area contributed by atoms with Gasteiger partial charge in [-0.1, -0.05) is 18.2 Å². The maximum absolute atomic E-state index is 11.9. The first kappa shape index (κ1) is 13.2. The van der Waals surface area contributed by atoms with Gasteiger partial charge in [-0.15, -0.1) is 11.3 Å². The van der Waals surface area contributed by atoms with Crippen molar-refractivity contribution in [3.05, 3.63) is 35.2 Å². The minimum Gasteiger partial charge on any atom is -0.326 e. The van der Waals surface area contributed by atoms with Gasteiger partial charge in [0.25, 0.3) is 0 Å². The molecule has 0 fully saturated rings. The van der Waals surface area contributed by atoms with E-state index in [0.717, 1.165) is 12.0 Å². The van der Waals surface area contributed by atoms with E-state index >= 15 is 0 Å². The highest BCUT2D eigenvalue weighted by Crippen LogP contribution is 2.26. The molecule has 96 valence electrons. The van der Waals surface area contributed by atoms with Gasteiger partial charge in [0.1, 0.15) is 5.78 Å². The molecule has 1 heterocycles. The molecule has 0 atom stereocenters. The van der Waals surface area contributed by atoms with Gasteiger partial charge in [-0.25, -0.2) is 0 Å². The van der Waals surface area contributed by atoms with Crippen molar-refractivity contribution >= 4 is 27.2 Å².